The van der Waals surface area contributed by atoms with Gasteiger partial charge in [-0.2, -0.15) is 0 Å². The van der Waals surface area contributed by atoms with E-state index in [0.29, 0.717) is 12.8 Å². The fraction of sp³-hybridized carbons (Fsp3) is 0.846. The maximum atomic E-state index is 10.1. The zero-order chi connectivity index (χ0) is 14.9. The molecule has 0 aliphatic heterocycles. The van der Waals surface area contributed by atoms with Gasteiger partial charge in [0.25, 0.3) is 0 Å². The third-order valence-corrected chi connectivity index (χ3v) is 2.35. The van der Waals surface area contributed by atoms with Gasteiger partial charge >= 0.3 is 11.9 Å². The quantitative estimate of drug-likeness (QED) is 0.427. The maximum Gasteiger partial charge on any atom is 0.303 e. The molecule has 0 aromatic heterocycles. The lowest BCUT2D eigenvalue weighted by atomic mass is 10.1. The predicted molar refractivity (Wildman–Crippen MR) is 71.0 cm³/mol. The summed E-state index contributed by atoms with van der Waals surface area (Å²) in [6.07, 6.45) is 5.97. The Hall–Kier alpha value is -1.14. The molecule has 114 valence electrons. The SMILES string of the molecule is O=C(O)CCCCCCCC(=O)O.OCCCCO. The van der Waals surface area contributed by atoms with Crippen molar-refractivity contribution in [1.29, 1.82) is 0 Å². The molecule has 0 aliphatic rings. The van der Waals surface area contributed by atoms with Crippen molar-refractivity contribution < 1.29 is 30.0 Å². The fourth-order valence-electron chi connectivity index (χ4n) is 1.31. The molecule has 0 aromatic rings. The minimum absolute atomic E-state index is 0.195. The van der Waals surface area contributed by atoms with Gasteiger partial charge in [-0.05, 0) is 25.7 Å². The lowest BCUT2D eigenvalue weighted by Gasteiger charge is -1.97. The second-order valence-corrected chi connectivity index (χ2v) is 4.21. The molecule has 0 spiro atoms. The van der Waals surface area contributed by atoms with E-state index in [2.05, 4.69) is 0 Å². The first kappa shape index (κ1) is 20.2. The van der Waals surface area contributed by atoms with E-state index in [-0.39, 0.29) is 26.1 Å². The molecule has 4 N–H and O–H groups in total. The second kappa shape index (κ2) is 16.9. The van der Waals surface area contributed by atoms with Crippen molar-refractivity contribution in [2.45, 2.75) is 57.8 Å². The summed E-state index contributed by atoms with van der Waals surface area (Å²) >= 11 is 0. The van der Waals surface area contributed by atoms with Crippen LogP contribution in [0.1, 0.15) is 57.8 Å². The Balaban J connectivity index is 0. The number of aliphatic carboxylic acids is 2. The molecule has 0 radical (unpaired) electrons. The standard InChI is InChI=1S/C9H16O4.C4H10O2/c10-8(11)6-4-2-1-3-5-7-9(12)13;5-3-1-2-4-6/h1-7H2,(H,10,11)(H,12,13);5-6H,1-4H2. The van der Waals surface area contributed by atoms with Gasteiger partial charge in [0.1, 0.15) is 0 Å². The molecule has 0 atom stereocenters. The zero-order valence-corrected chi connectivity index (χ0v) is 11.4. The van der Waals surface area contributed by atoms with Crippen molar-refractivity contribution in [3.63, 3.8) is 0 Å². The van der Waals surface area contributed by atoms with Crippen LogP contribution >= 0.6 is 0 Å². The zero-order valence-electron chi connectivity index (χ0n) is 11.4. The Morgan fingerprint density at radius 1 is 0.579 bits per heavy atom. The molecule has 0 rings (SSSR count). The lowest BCUT2D eigenvalue weighted by Crippen LogP contribution is -1.95. The molecule has 0 unspecified atom stereocenters. The number of carbonyl (C=O) groups is 2. The van der Waals surface area contributed by atoms with E-state index in [0.717, 1.165) is 32.1 Å². The topological polar surface area (TPSA) is 115 Å². The Morgan fingerprint density at radius 2 is 0.895 bits per heavy atom. The molecule has 0 amide bonds. The van der Waals surface area contributed by atoms with Gasteiger partial charge in [-0.25, -0.2) is 0 Å². The summed E-state index contributed by atoms with van der Waals surface area (Å²) in [5.74, 6) is -1.52. The van der Waals surface area contributed by atoms with Crippen LogP contribution in [0.5, 0.6) is 0 Å². The average molecular weight is 278 g/mol. The molecule has 0 heterocycles. The Kier molecular flexibility index (Phi) is 17.9. The number of carboxylic acids is 2. The average Bonchev–Trinajstić information content (AvgIpc) is 2.35. The van der Waals surface area contributed by atoms with Crippen LogP contribution in [-0.2, 0) is 9.59 Å². The highest BCUT2D eigenvalue weighted by Crippen LogP contribution is 2.06. The van der Waals surface area contributed by atoms with E-state index in [4.69, 9.17) is 20.4 Å². The van der Waals surface area contributed by atoms with Gasteiger partial charge in [0.15, 0.2) is 0 Å². The van der Waals surface area contributed by atoms with Gasteiger partial charge in [-0.3, -0.25) is 9.59 Å². The van der Waals surface area contributed by atoms with E-state index in [9.17, 15) is 9.59 Å². The molecule has 0 saturated heterocycles. The second-order valence-electron chi connectivity index (χ2n) is 4.21. The first-order valence-corrected chi connectivity index (χ1v) is 6.70. The van der Waals surface area contributed by atoms with E-state index >= 15 is 0 Å². The Bertz CT molecular complexity index is 195. The summed E-state index contributed by atoms with van der Waals surface area (Å²) in [7, 11) is 0. The van der Waals surface area contributed by atoms with E-state index in [1.165, 1.54) is 0 Å². The van der Waals surface area contributed by atoms with Crippen LogP contribution in [0.4, 0.5) is 0 Å². The summed E-state index contributed by atoms with van der Waals surface area (Å²) in [6.45, 7) is 0.390. The first-order valence-electron chi connectivity index (χ1n) is 6.70. The Morgan fingerprint density at radius 3 is 1.16 bits per heavy atom. The lowest BCUT2D eigenvalue weighted by molar-refractivity contribution is -0.138. The number of aliphatic hydroxyl groups is 2. The van der Waals surface area contributed by atoms with Crippen molar-refractivity contribution in [2.75, 3.05) is 13.2 Å². The molecule has 0 bridgehead atoms. The largest absolute Gasteiger partial charge is 0.481 e. The normalized spacial score (nSPS) is 9.58. The van der Waals surface area contributed by atoms with Crippen molar-refractivity contribution in [2.24, 2.45) is 0 Å². The van der Waals surface area contributed by atoms with Gasteiger partial charge in [0.05, 0.1) is 0 Å². The summed E-state index contributed by atoms with van der Waals surface area (Å²) in [6, 6.07) is 0. The summed E-state index contributed by atoms with van der Waals surface area (Å²) in [5, 5.41) is 32.8. The van der Waals surface area contributed by atoms with E-state index in [1.54, 1.807) is 0 Å². The van der Waals surface area contributed by atoms with Crippen LogP contribution in [0.3, 0.4) is 0 Å². The van der Waals surface area contributed by atoms with Crippen LogP contribution in [0, 0.1) is 0 Å². The molecule has 0 fully saturated rings. The van der Waals surface area contributed by atoms with Gasteiger partial charge in [-0.1, -0.05) is 19.3 Å². The van der Waals surface area contributed by atoms with E-state index < -0.39 is 11.9 Å². The number of unbranched alkanes of at least 4 members (excludes halogenated alkanes) is 5. The molecule has 19 heavy (non-hydrogen) atoms. The van der Waals surface area contributed by atoms with E-state index in [1.807, 2.05) is 0 Å². The smallest absolute Gasteiger partial charge is 0.303 e. The van der Waals surface area contributed by atoms with Crippen molar-refractivity contribution in [3.05, 3.63) is 0 Å². The monoisotopic (exact) mass is 278 g/mol. The highest BCUT2D eigenvalue weighted by molar-refractivity contribution is 5.66. The van der Waals surface area contributed by atoms with Crippen LogP contribution in [0.15, 0.2) is 0 Å². The summed E-state index contributed by atoms with van der Waals surface area (Å²) in [5.41, 5.74) is 0. The fourth-order valence-corrected chi connectivity index (χ4v) is 1.31. The van der Waals surface area contributed by atoms with Gasteiger partial charge in [0, 0.05) is 26.1 Å². The molecule has 6 heteroatoms. The molecule has 0 saturated carbocycles. The molecular weight excluding hydrogens is 252 g/mol. The first-order chi connectivity index (χ1) is 9.04. The minimum Gasteiger partial charge on any atom is -0.481 e. The predicted octanol–water partition coefficient (Wildman–Crippen LogP) is 1.64. The number of hydrogen-bond donors (Lipinski definition) is 4. The van der Waals surface area contributed by atoms with Crippen LogP contribution in [-0.4, -0.2) is 45.6 Å². The third kappa shape index (κ3) is 26.5. The minimum atomic E-state index is -0.759. The summed E-state index contributed by atoms with van der Waals surface area (Å²) in [4.78, 5) is 20.2. The molecular formula is C13H26O6. The van der Waals surface area contributed by atoms with Crippen LogP contribution in [0.2, 0.25) is 0 Å². The molecule has 0 aromatic carbocycles. The number of carboxylic acid groups (broad SMARTS) is 2. The van der Waals surface area contributed by atoms with Crippen LogP contribution in [0.25, 0.3) is 0 Å². The number of rotatable bonds is 11. The van der Waals surface area contributed by atoms with Gasteiger partial charge < -0.3 is 20.4 Å². The van der Waals surface area contributed by atoms with Gasteiger partial charge in [-0.15, -0.1) is 0 Å². The van der Waals surface area contributed by atoms with Crippen molar-refractivity contribution in [1.82, 2.24) is 0 Å². The molecule has 6 nitrogen and oxygen atoms in total. The number of hydrogen-bond acceptors (Lipinski definition) is 4. The molecule has 0 aliphatic carbocycles. The van der Waals surface area contributed by atoms with Gasteiger partial charge in [0.2, 0.25) is 0 Å². The van der Waals surface area contributed by atoms with Crippen molar-refractivity contribution in [3.8, 4) is 0 Å². The third-order valence-electron chi connectivity index (χ3n) is 2.35. The highest BCUT2D eigenvalue weighted by Gasteiger charge is 1.98. The highest BCUT2D eigenvalue weighted by atomic mass is 16.4. The summed E-state index contributed by atoms with van der Waals surface area (Å²) < 4.78 is 0. The van der Waals surface area contributed by atoms with Crippen LogP contribution < -0.4 is 0 Å². The van der Waals surface area contributed by atoms with Crippen molar-refractivity contribution >= 4 is 11.9 Å². The number of aliphatic hydroxyl groups excluding tert-OH is 2. The Labute approximate surface area is 114 Å². The maximum absolute atomic E-state index is 10.1.